The van der Waals surface area contributed by atoms with E-state index in [0.717, 1.165) is 20.7 Å². The van der Waals surface area contributed by atoms with Gasteiger partial charge in [-0.2, -0.15) is 0 Å². The van der Waals surface area contributed by atoms with Crippen molar-refractivity contribution < 1.29 is 4.79 Å². The molecule has 0 aliphatic rings. The molecule has 0 aliphatic heterocycles. The number of carbonyl (C=O) groups excluding carboxylic acids is 1. The van der Waals surface area contributed by atoms with Gasteiger partial charge in [-0.3, -0.25) is 4.79 Å². The molecule has 0 spiro atoms. The molecule has 1 aromatic carbocycles. The van der Waals surface area contributed by atoms with Crippen molar-refractivity contribution in [2.75, 3.05) is 5.73 Å². The molecule has 1 unspecified atom stereocenters. The lowest BCUT2D eigenvalue weighted by Gasteiger charge is -2.27. The second kappa shape index (κ2) is 4.85. The van der Waals surface area contributed by atoms with Crippen LogP contribution in [0.3, 0.4) is 0 Å². The molecule has 3 N–H and O–H groups in total. The third-order valence-corrected chi connectivity index (χ3v) is 4.53. The Morgan fingerprint density at radius 3 is 2.63 bits per heavy atom. The van der Waals surface area contributed by atoms with Crippen LogP contribution in [-0.2, 0) is 0 Å². The van der Waals surface area contributed by atoms with Crippen molar-refractivity contribution in [2.45, 2.75) is 33.7 Å². The van der Waals surface area contributed by atoms with E-state index in [4.69, 9.17) is 5.73 Å². The van der Waals surface area contributed by atoms with Gasteiger partial charge in [-0.05, 0) is 42.0 Å². The minimum absolute atomic E-state index is 0.0119. The largest absolute Gasteiger partial charge is 0.399 e. The molecule has 0 aliphatic carbocycles. The molecule has 2 rings (SSSR count). The van der Waals surface area contributed by atoms with Crippen LogP contribution in [0.5, 0.6) is 0 Å². The van der Waals surface area contributed by atoms with E-state index in [1.165, 1.54) is 11.3 Å². The highest BCUT2D eigenvalue weighted by molar-refractivity contribution is 7.20. The van der Waals surface area contributed by atoms with Crippen molar-refractivity contribution >= 4 is 33.0 Å². The molecular weight excluding hydrogens is 256 g/mol. The first-order valence-electron chi connectivity index (χ1n) is 6.37. The Morgan fingerprint density at radius 1 is 1.32 bits per heavy atom. The topological polar surface area (TPSA) is 55.1 Å². The van der Waals surface area contributed by atoms with Gasteiger partial charge in [0.1, 0.15) is 0 Å². The van der Waals surface area contributed by atoms with E-state index < -0.39 is 0 Å². The van der Waals surface area contributed by atoms with Gasteiger partial charge in [-0.15, -0.1) is 11.3 Å². The number of thiophene rings is 1. The van der Waals surface area contributed by atoms with E-state index in [9.17, 15) is 4.79 Å². The molecule has 2 aromatic rings. The van der Waals surface area contributed by atoms with Crippen LogP contribution in [0.2, 0.25) is 0 Å². The summed E-state index contributed by atoms with van der Waals surface area (Å²) in [7, 11) is 0. The van der Waals surface area contributed by atoms with Gasteiger partial charge < -0.3 is 11.1 Å². The highest BCUT2D eigenvalue weighted by Gasteiger charge is 2.22. The highest BCUT2D eigenvalue weighted by Crippen LogP contribution is 2.28. The van der Waals surface area contributed by atoms with Gasteiger partial charge in [0.25, 0.3) is 5.91 Å². The molecule has 19 heavy (non-hydrogen) atoms. The van der Waals surface area contributed by atoms with Gasteiger partial charge in [0.05, 0.1) is 4.88 Å². The van der Waals surface area contributed by atoms with Crippen molar-refractivity contribution in [2.24, 2.45) is 5.41 Å². The van der Waals surface area contributed by atoms with Crippen LogP contribution in [0.4, 0.5) is 5.69 Å². The van der Waals surface area contributed by atoms with E-state index in [-0.39, 0.29) is 17.4 Å². The lowest BCUT2D eigenvalue weighted by Crippen LogP contribution is -2.41. The number of nitrogens with one attached hydrogen (secondary N) is 1. The van der Waals surface area contributed by atoms with Crippen LogP contribution in [0.15, 0.2) is 24.3 Å². The summed E-state index contributed by atoms with van der Waals surface area (Å²) in [6, 6.07) is 7.74. The molecule has 0 saturated carbocycles. The number of benzene rings is 1. The Morgan fingerprint density at radius 2 is 2.00 bits per heavy atom. The summed E-state index contributed by atoms with van der Waals surface area (Å²) in [6.45, 7) is 8.37. The molecular formula is C15H20N2OS. The zero-order chi connectivity index (χ0) is 14.2. The van der Waals surface area contributed by atoms with E-state index in [2.05, 4.69) is 26.1 Å². The summed E-state index contributed by atoms with van der Waals surface area (Å²) < 4.78 is 1.09. The average molecular weight is 276 g/mol. The van der Waals surface area contributed by atoms with Crippen LogP contribution in [0, 0.1) is 5.41 Å². The molecule has 0 radical (unpaired) electrons. The van der Waals surface area contributed by atoms with Crippen LogP contribution >= 0.6 is 11.3 Å². The van der Waals surface area contributed by atoms with Crippen molar-refractivity contribution in [3.05, 3.63) is 29.1 Å². The standard InChI is InChI=1S/C15H20N2OS/c1-9(15(2,3)4)17-14(18)13-8-10-7-11(16)5-6-12(10)19-13/h5-9H,16H2,1-4H3,(H,17,18). The summed E-state index contributed by atoms with van der Waals surface area (Å²) in [5.41, 5.74) is 6.53. The van der Waals surface area contributed by atoms with E-state index in [1.54, 1.807) is 0 Å². The number of amides is 1. The quantitative estimate of drug-likeness (QED) is 0.823. The van der Waals surface area contributed by atoms with Crippen LogP contribution in [0.25, 0.3) is 10.1 Å². The monoisotopic (exact) mass is 276 g/mol. The number of fused-ring (bicyclic) bond motifs is 1. The van der Waals surface area contributed by atoms with Gasteiger partial charge in [-0.1, -0.05) is 20.8 Å². The van der Waals surface area contributed by atoms with Gasteiger partial charge in [0.15, 0.2) is 0 Å². The lowest BCUT2D eigenvalue weighted by molar-refractivity contribution is 0.0914. The Labute approximate surface area is 117 Å². The molecule has 1 heterocycles. The maximum absolute atomic E-state index is 12.2. The Kier molecular flexibility index (Phi) is 3.54. The first-order chi connectivity index (χ1) is 8.77. The SMILES string of the molecule is CC(NC(=O)c1cc2cc(N)ccc2s1)C(C)(C)C. The average Bonchev–Trinajstić information content (AvgIpc) is 2.70. The van der Waals surface area contributed by atoms with Crippen LogP contribution in [0.1, 0.15) is 37.4 Å². The predicted molar refractivity (Wildman–Crippen MR) is 82.6 cm³/mol. The molecule has 0 saturated heterocycles. The summed E-state index contributed by atoms with van der Waals surface area (Å²) in [4.78, 5) is 13.0. The van der Waals surface area contributed by atoms with Crippen molar-refractivity contribution in [1.82, 2.24) is 5.32 Å². The molecule has 0 fully saturated rings. The van der Waals surface area contributed by atoms with Gasteiger partial charge in [0.2, 0.25) is 0 Å². The van der Waals surface area contributed by atoms with Crippen LogP contribution < -0.4 is 11.1 Å². The zero-order valence-corrected chi connectivity index (χ0v) is 12.6. The fraction of sp³-hybridized carbons (Fsp3) is 0.400. The van der Waals surface area contributed by atoms with Gasteiger partial charge >= 0.3 is 0 Å². The number of rotatable bonds is 2. The molecule has 3 nitrogen and oxygen atoms in total. The third kappa shape index (κ3) is 3.07. The number of nitrogen functional groups attached to an aromatic ring is 1. The van der Waals surface area contributed by atoms with Crippen molar-refractivity contribution in [1.29, 1.82) is 0 Å². The van der Waals surface area contributed by atoms with Crippen LogP contribution in [-0.4, -0.2) is 11.9 Å². The Hall–Kier alpha value is -1.55. The summed E-state index contributed by atoms with van der Waals surface area (Å²) in [6.07, 6.45) is 0. The van der Waals surface area contributed by atoms with Crippen molar-refractivity contribution in [3.8, 4) is 0 Å². The third-order valence-electron chi connectivity index (χ3n) is 3.41. The minimum Gasteiger partial charge on any atom is -0.399 e. The number of nitrogens with two attached hydrogens (primary N) is 1. The van der Waals surface area contributed by atoms with Gasteiger partial charge in [-0.25, -0.2) is 0 Å². The first-order valence-corrected chi connectivity index (χ1v) is 7.19. The number of hydrogen-bond donors (Lipinski definition) is 2. The second-order valence-electron chi connectivity index (χ2n) is 5.97. The molecule has 4 heteroatoms. The molecule has 102 valence electrons. The normalized spacial score (nSPS) is 13.5. The molecule has 1 amide bonds. The fourth-order valence-electron chi connectivity index (χ4n) is 1.66. The Bertz CT molecular complexity index is 610. The lowest BCUT2D eigenvalue weighted by atomic mass is 9.88. The fourth-order valence-corrected chi connectivity index (χ4v) is 2.60. The van der Waals surface area contributed by atoms with Gasteiger partial charge in [0, 0.05) is 16.4 Å². The summed E-state index contributed by atoms with van der Waals surface area (Å²) in [5, 5.41) is 4.08. The minimum atomic E-state index is -0.0119. The number of hydrogen-bond acceptors (Lipinski definition) is 3. The first kappa shape index (κ1) is 13.9. The van der Waals surface area contributed by atoms with E-state index >= 15 is 0 Å². The highest BCUT2D eigenvalue weighted by atomic mass is 32.1. The van der Waals surface area contributed by atoms with E-state index in [1.807, 2.05) is 31.2 Å². The second-order valence-corrected chi connectivity index (χ2v) is 7.05. The number of anilines is 1. The summed E-state index contributed by atoms with van der Waals surface area (Å²) >= 11 is 1.50. The van der Waals surface area contributed by atoms with Crippen molar-refractivity contribution in [3.63, 3.8) is 0 Å². The smallest absolute Gasteiger partial charge is 0.261 e. The molecule has 0 bridgehead atoms. The zero-order valence-electron chi connectivity index (χ0n) is 11.8. The summed E-state index contributed by atoms with van der Waals surface area (Å²) in [5.74, 6) is -0.0119. The maximum Gasteiger partial charge on any atom is 0.261 e. The maximum atomic E-state index is 12.2. The molecule has 1 aromatic heterocycles. The molecule has 1 atom stereocenters. The Balaban J connectivity index is 2.22. The number of carbonyl (C=O) groups is 1. The predicted octanol–water partition coefficient (Wildman–Crippen LogP) is 3.65. The van der Waals surface area contributed by atoms with E-state index in [0.29, 0.717) is 0 Å².